The number of aromatic nitrogens is 1. The van der Waals surface area contributed by atoms with Crippen molar-refractivity contribution in [3.63, 3.8) is 0 Å². The highest BCUT2D eigenvalue weighted by Crippen LogP contribution is 2.53. The maximum absolute atomic E-state index is 13.7. The van der Waals surface area contributed by atoms with Crippen molar-refractivity contribution in [1.29, 1.82) is 0 Å². The standard InChI is InChI=1S/C28H25ClF5N3O/c29-25-14-19(5-8-35-25)26(38)37-17-27(23-15-20(28(32,33)34)3-4-24(23)37)6-10-36(11-7-27)9-1-2-18-12-21(30)16-22(31)13-18/h1-2,4-5,8,12-16,20H,3,6-7,9-11,17H2/b2-1+. The fraction of sp³-hybridized carbons (Fsp3) is 0.357. The molecule has 38 heavy (non-hydrogen) atoms. The SMILES string of the molecule is O=C(c1ccnc(Cl)c1)N1CC2(CCN(C/C=C/c3cc(F)cc(F)c3)CC2)C2=CC(C(F)(F)F)CC=C21. The van der Waals surface area contributed by atoms with E-state index in [1.807, 2.05) is 6.08 Å². The minimum atomic E-state index is -4.37. The highest BCUT2D eigenvalue weighted by molar-refractivity contribution is 6.29. The molecule has 4 nitrogen and oxygen atoms in total. The highest BCUT2D eigenvalue weighted by Gasteiger charge is 2.51. The number of nitrogens with zero attached hydrogens (tertiary/aromatic N) is 3. The second kappa shape index (κ2) is 10.3. The molecule has 3 aliphatic rings. The van der Waals surface area contributed by atoms with E-state index < -0.39 is 29.1 Å². The van der Waals surface area contributed by atoms with E-state index in [-0.39, 0.29) is 17.5 Å². The molecule has 1 unspecified atom stereocenters. The van der Waals surface area contributed by atoms with E-state index in [0.29, 0.717) is 61.4 Å². The summed E-state index contributed by atoms with van der Waals surface area (Å²) >= 11 is 5.98. The van der Waals surface area contributed by atoms with Gasteiger partial charge in [-0.05, 0) is 67.8 Å². The van der Waals surface area contributed by atoms with Crippen LogP contribution in [0.2, 0.25) is 5.15 Å². The van der Waals surface area contributed by atoms with Crippen LogP contribution in [0.1, 0.15) is 35.2 Å². The molecule has 1 spiro atoms. The van der Waals surface area contributed by atoms with Gasteiger partial charge in [-0.3, -0.25) is 9.69 Å². The van der Waals surface area contributed by atoms with Gasteiger partial charge in [-0.25, -0.2) is 13.8 Å². The molecule has 1 aromatic heterocycles. The summed E-state index contributed by atoms with van der Waals surface area (Å²) in [6.45, 7) is 2.03. The van der Waals surface area contributed by atoms with E-state index >= 15 is 0 Å². The Bertz CT molecular complexity index is 1310. The van der Waals surface area contributed by atoms with Gasteiger partial charge < -0.3 is 4.90 Å². The number of carbonyl (C=O) groups excluding carboxylic acids is 1. The molecule has 3 heterocycles. The lowest BCUT2D eigenvalue weighted by Gasteiger charge is -2.40. The smallest absolute Gasteiger partial charge is 0.308 e. The maximum Gasteiger partial charge on any atom is 0.395 e. The molecule has 1 amide bonds. The molecule has 1 atom stereocenters. The number of rotatable bonds is 4. The molecule has 1 aromatic carbocycles. The number of pyridine rings is 1. The van der Waals surface area contributed by atoms with Crippen LogP contribution < -0.4 is 0 Å². The number of piperidine rings is 1. The van der Waals surface area contributed by atoms with Gasteiger partial charge in [0.25, 0.3) is 5.91 Å². The summed E-state index contributed by atoms with van der Waals surface area (Å²) in [5.41, 5.74) is 1.29. The Hall–Kier alpha value is -3.04. The number of hydrogen-bond donors (Lipinski definition) is 0. The zero-order valence-corrected chi connectivity index (χ0v) is 21.1. The van der Waals surface area contributed by atoms with Gasteiger partial charge in [-0.1, -0.05) is 35.9 Å². The molecule has 1 aliphatic carbocycles. The Morgan fingerprint density at radius 1 is 1.13 bits per heavy atom. The number of halogens is 6. The third-order valence-electron chi connectivity index (χ3n) is 7.54. The monoisotopic (exact) mass is 549 g/mol. The van der Waals surface area contributed by atoms with Crippen molar-refractivity contribution in [2.45, 2.75) is 25.4 Å². The Morgan fingerprint density at radius 2 is 1.84 bits per heavy atom. The van der Waals surface area contributed by atoms with Crippen LogP contribution in [0.3, 0.4) is 0 Å². The number of fused-ring (bicyclic) bond motifs is 2. The van der Waals surface area contributed by atoms with E-state index in [2.05, 4.69) is 9.88 Å². The summed E-state index contributed by atoms with van der Waals surface area (Å²) in [6, 6.07) is 6.30. The molecule has 2 aliphatic heterocycles. The van der Waals surface area contributed by atoms with Crippen molar-refractivity contribution < 1.29 is 26.7 Å². The van der Waals surface area contributed by atoms with Crippen LogP contribution in [0.15, 0.2) is 66.0 Å². The van der Waals surface area contributed by atoms with E-state index in [1.54, 1.807) is 17.0 Å². The molecule has 10 heteroatoms. The zero-order valence-electron chi connectivity index (χ0n) is 20.3. The summed E-state index contributed by atoms with van der Waals surface area (Å²) in [4.78, 5) is 21.0. The van der Waals surface area contributed by atoms with Crippen LogP contribution in [-0.2, 0) is 0 Å². The molecule has 5 rings (SSSR count). The normalized spacial score (nSPS) is 21.5. The van der Waals surface area contributed by atoms with E-state index in [4.69, 9.17) is 11.6 Å². The number of benzene rings is 1. The predicted molar refractivity (Wildman–Crippen MR) is 134 cm³/mol. The van der Waals surface area contributed by atoms with Crippen molar-refractivity contribution in [2.75, 3.05) is 26.2 Å². The number of hydrogen-bond acceptors (Lipinski definition) is 3. The van der Waals surface area contributed by atoms with Crippen molar-refractivity contribution in [3.05, 3.63) is 93.9 Å². The Morgan fingerprint density at radius 3 is 2.50 bits per heavy atom. The third kappa shape index (κ3) is 5.40. The first kappa shape index (κ1) is 26.6. The lowest BCUT2D eigenvalue weighted by atomic mass is 9.71. The number of allylic oxidation sites excluding steroid dienone is 3. The fourth-order valence-corrected chi connectivity index (χ4v) is 5.76. The van der Waals surface area contributed by atoms with Gasteiger partial charge in [-0.2, -0.15) is 13.2 Å². The van der Waals surface area contributed by atoms with Crippen LogP contribution in [0.4, 0.5) is 22.0 Å². The summed E-state index contributed by atoms with van der Waals surface area (Å²) < 4.78 is 67.9. The second-order valence-corrected chi connectivity index (χ2v) is 10.4. The number of carbonyl (C=O) groups is 1. The Labute approximate surface area is 222 Å². The summed E-state index contributed by atoms with van der Waals surface area (Å²) in [7, 11) is 0. The second-order valence-electron chi connectivity index (χ2n) is 10.00. The molecule has 0 saturated carbocycles. The van der Waals surface area contributed by atoms with Crippen LogP contribution >= 0.6 is 11.6 Å². The molecule has 2 aromatic rings. The summed E-state index contributed by atoms with van der Waals surface area (Å²) in [6.07, 6.45) is 4.31. The molecule has 2 saturated heterocycles. The van der Waals surface area contributed by atoms with Crippen molar-refractivity contribution in [2.24, 2.45) is 11.3 Å². The minimum Gasteiger partial charge on any atom is -0.308 e. The van der Waals surface area contributed by atoms with Crippen molar-refractivity contribution >= 4 is 23.6 Å². The van der Waals surface area contributed by atoms with Crippen LogP contribution in [0, 0.1) is 23.0 Å². The third-order valence-corrected chi connectivity index (χ3v) is 7.75. The van der Waals surface area contributed by atoms with Gasteiger partial charge >= 0.3 is 6.18 Å². The largest absolute Gasteiger partial charge is 0.395 e. The van der Waals surface area contributed by atoms with Crippen molar-refractivity contribution in [3.8, 4) is 0 Å². The molecular formula is C28H25ClF5N3O. The number of likely N-dealkylation sites (tertiary alicyclic amines) is 2. The molecule has 0 radical (unpaired) electrons. The summed E-state index contributed by atoms with van der Waals surface area (Å²) in [5.74, 6) is -3.21. The van der Waals surface area contributed by atoms with Gasteiger partial charge in [0, 0.05) is 42.0 Å². The average Bonchev–Trinajstić information content (AvgIpc) is 3.17. The van der Waals surface area contributed by atoms with Crippen molar-refractivity contribution in [1.82, 2.24) is 14.8 Å². The fourth-order valence-electron chi connectivity index (χ4n) is 5.58. The molecule has 0 bridgehead atoms. The minimum absolute atomic E-state index is 0.164. The first-order valence-corrected chi connectivity index (χ1v) is 12.7. The van der Waals surface area contributed by atoms with Crippen LogP contribution in [0.5, 0.6) is 0 Å². The number of alkyl halides is 3. The van der Waals surface area contributed by atoms with E-state index in [0.717, 1.165) is 6.07 Å². The van der Waals surface area contributed by atoms with Gasteiger partial charge in [0.05, 0.1) is 5.92 Å². The maximum atomic E-state index is 13.7. The van der Waals surface area contributed by atoms with Crippen LogP contribution in [-0.4, -0.2) is 53.0 Å². The topological polar surface area (TPSA) is 36.4 Å². The van der Waals surface area contributed by atoms with E-state index in [1.165, 1.54) is 36.5 Å². The average molecular weight is 550 g/mol. The zero-order chi connectivity index (χ0) is 27.1. The Balaban J connectivity index is 1.35. The molecular weight excluding hydrogens is 525 g/mol. The van der Waals surface area contributed by atoms with Gasteiger partial charge in [0.1, 0.15) is 16.8 Å². The Kier molecular flexibility index (Phi) is 7.17. The molecule has 2 fully saturated rings. The van der Waals surface area contributed by atoms with E-state index in [9.17, 15) is 26.7 Å². The number of amides is 1. The molecule has 200 valence electrons. The predicted octanol–water partition coefficient (Wildman–Crippen LogP) is 6.66. The summed E-state index contributed by atoms with van der Waals surface area (Å²) in [5, 5.41) is 0.164. The van der Waals surface area contributed by atoms with Gasteiger partial charge in [0.2, 0.25) is 0 Å². The van der Waals surface area contributed by atoms with Gasteiger partial charge in [0.15, 0.2) is 0 Å². The lowest BCUT2D eigenvalue weighted by Crippen LogP contribution is -2.43. The lowest BCUT2D eigenvalue weighted by molar-refractivity contribution is -0.160. The van der Waals surface area contributed by atoms with Crippen LogP contribution in [0.25, 0.3) is 6.08 Å². The first-order chi connectivity index (χ1) is 18.0. The van der Waals surface area contributed by atoms with Gasteiger partial charge in [-0.15, -0.1) is 0 Å². The highest BCUT2D eigenvalue weighted by atomic mass is 35.5. The quantitative estimate of drug-likeness (QED) is 0.316. The molecule has 0 N–H and O–H groups in total. The first-order valence-electron chi connectivity index (χ1n) is 12.3.